The standard InChI is InChI=1S/C14H25N3O2/c1-17-10-2-3-11(17)5-9(4-10)6-16-14(18)12-7-19-8-13(12)15/h9-13H,2-8,15H2,1H3,(H,16,18). The Hall–Kier alpha value is -0.650. The predicted octanol–water partition coefficient (Wildman–Crippen LogP) is -0.0509. The quantitative estimate of drug-likeness (QED) is 0.752. The van der Waals surface area contributed by atoms with Crippen LogP contribution in [0.4, 0.5) is 0 Å². The van der Waals surface area contributed by atoms with Gasteiger partial charge in [0.1, 0.15) is 0 Å². The lowest BCUT2D eigenvalue weighted by Gasteiger charge is -2.36. The van der Waals surface area contributed by atoms with Crippen molar-refractivity contribution in [2.45, 2.75) is 43.8 Å². The van der Waals surface area contributed by atoms with E-state index in [2.05, 4.69) is 17.3 Å². The van der Waals surface area contributed by atoms with Crippen LogP contribution in [-0.4, -0.2) is 55.7 Å². The van der Waals surface area contributed by atoms with Gasteiger partial charge in [-0.3, -0.25) is 4.79 Å². The second-order valence-electron chi connectivity index (χ2n) is 6.44. The zero-order chi connectivity index (χ0) is 13.4. The van der Waals surface area contributed by atoms with E-state index in [1.165, 1.54) is 25.7 Å². The van der Waals surface area contributed by atoms with E-state index in [4.69, 9.17) is 10.5 Å². The van der Waals surface area contributed by atoms with E-state index in [0.717, 1.165) is 18.6 Å². The summed E-state index contributed by atoms with van der Waals surface area (Å²) < 4.78 is 5.25. The summed E-state index contributed by atoms with van der Waals surface area (Å²) in [6, 6.07) is 1.34. The Morgan fingerprint density at radius 1 is 1.32 bits per heavy atom. The Labute approximate surface area is 114 Å². The highest BCUT2D eigenvalue weighted by atomic mass is 16.5. The first-order chi connectivity index (χ1) is 9.15. The maximum Gasteiger partial charge on any atom is 0.227 e. The van der Waals surface area contributed by atoms with Gasteiger partial charge in [-0.1, -0.05) is 0 Å². The van der Waals surface area contributed by atoms with Crippen LogP contribution in [0.25, 0.3) is 0 Å². The normalized spacial score (nSPS) is 42.5. The molecule has 0 aromatic carbocycles. The summed E-state index contributed by atoms with van der Waals surface area (Å²) in [5.74, 6) is 0.565. The van der Waals surface area contributed by atoms with Crippen LogP contribution in [-0.2, 0) is 9.53 Å². The van der Waals surface area contributed by atoms with Crippen LogP contribution in [0, 0.1) is 11.8 Å². The minimum absolute atomic E-state index is 0.0799. The van der Waals surface area contributed by atoms with Crippen molar-refractivity contribution in [2.24, 2.45) is 17.6 Å². The number of carbonyl (C=O) groups excluding carboxylic acids is 1. The average Bonchev–Trinajstić information content (AvgIpc) is 2.87. The van der Waals surface area contributed by atoms with E-state index >= 15 is 0 Å². The number of fused-ring (bicyclic) bond motifs is 2. The molecule has 3 heterocycles. The molecule has 3 fully saturated rings. The lowest BCUT2D eigenvalue weighted by molar-refractivity contribution is -0.125. The average molecular weight is 267 g/mol. The van der Waals surface area contributed by atoms with Crippen LogP contribution in [0.1, 0.15) is 25.7 Å². The van der Waals surface area contributed by atoms with Crippen LogP contribution in [0.2, 0.25) is 0 Å². The first-order valence-corrected chi connectivity index (χ1v) is 7.48. The van der Waals surface area contributed by atoms with Gasteiger partial charge in [-0.15, -0.1) is 0 Å². The minimum Gasteiger partial charge on any atom is -0.379 e. The van der Waals surface area contributed by atoms with Gasteiger partial charge >= 0.3 is 0 Å². The third-order valence-corrected chi connectivity index (χ3v) is 5.22. The monoisotopic (exact) mass is 267 g/mol. The molecule has 0 aliphatic carbocycles. The summed E-state index contributed by atoms with van der Waals surface area (Å²) in [6.45, 7) is 1.80. The number of nitrogens with two attached hydrogens (primary N) is 1. The number of hydrogen-bond acceptors (Lipinski definition) is 4. The van der Waals surface area contributed by atoms with Crippen LogP contribution < -0.4 is 11.1 Å². The molecule has 3 saturated heterocycles. The van der Waals surface area contributed by atoms with Crippen molar-refractivity contribution in [3.05, 3.63) is 0 Å². The number of nitrogens with zero attached hydrogens (tertiary/aromatic N) is 1. The molecule has 5 heteroatoms. The molecule has 5 nitrogen and oxygen atoms in total. The van der Waals surface area contributed by atoms with Gasteiger partial charge < -0.3 is 20.7 Å². The third-order valence-electron chi connectivity index (χ3n) is 5.22. The van der Waals surface area contributed by atoms with Crippen LogP contribution >= 0.6 is 0 Å². The minimum atomic E-state index is -0.150. The number of piperidine rings is 1. The molecular weight excluding hydrogens is 242 g/mol. The summed E-state index contributed by atoms with van der Waals surface area (Å²) in [5.41, 5.74) is 5.87. The Morgan fingerprint density at radius 2 is 2.00 bits per heavy atom. The molecule has 3 aliphatic rings. The zero-order valence-corrected chi connectivity index (χ0v) is 11.7. The number of amides is 1. The molecule has 3 rings (SSSR count). The Morgan fingerprint density at radius 3 is 2.58 bits per heavy atom. The molecule has 3 aliphatic heterocycles. The molecule has 108 valence electrons. The lowest BCUT2D eigenvalue weighted by Crippen LogP contribution is -2.46. The molecule has 0 aromatic rings. The first kappa shape index (κ1) is 13.3. The maximum absolute atomic E-state index is 12.1. The molecule has 4 atom stereocenters. The van der Waals surface area contributed by atoms with E-state index in [0.29, 0.717) is 19.1 Å². The summed E-state index contributed by atoms with van der Waals surface area (Å²) >= 11 is 0. The highest BCUT2D eigenvalue weighted by Crippen LogP contribution is 2.37. The molecule has 19 heavy (non-hydrogen) atoms. The van der Waals surface area contributed by atoms with Gasteiger partial charge in [0.15, 0.2) is 0 Å². The molecule has 2 bridgehead atoms. The Bertz CT molecular complexity index is 336. The summed E-state index contributed by atoms with van der Waals surface area (Å²) in [5, 5.41) is 3.09. The number of rotatable bonds is 3. The van der Waals surface area contributed by atoms with E-state index < -0.39 is 0 Å². The summed E-state index contributed by atoms with van der Waals surface area (Å²) in [4.78, 5) is 14.6. The maximum atomic E-state index is 12.1. The first-order valence-electron chi connectivity index (χ1n) is 7.48. The van der Waals surface area contributed by atoms with Crippen LogP contribution in [0.5, 0.6) is 0 Å². The smallest absolute Gasteiger partial charge is 0.227 e. The van der Waals surface area contributed by atoms with Crippen molar-refractivity contribution in [3.63, 3.8) is 0 Å². The second-order valence-corrected chi connectivity index (χ2v) is 6.44. The third kappa shape index (κ3) is 2.64. The number of nitrogens with one attached hydrogen (secondary N) is 1. The number of hydrogen-bond donors (Lipinski definition) is 2. The number of ether oxygens (including phenoxy) is 1. The van der Waals surface area contributed by atoms with Gasteiger partial charge in [0.25, 0.3) is 0 Å². The predicted molar refractivity (Wildman–Crippen MR) is 72.6 cm³/mol. The fourth-order valence-corrected chi connectivity index (χ4v) is 3.91. The van der Waals surface area contributed by atoms with E-state index in [-0.39, 0.29) is 17.9 Å². The van der Waals surface area contributed by atoms with Crippen molar-refractivity contribution >= 4 is 5.91 Å². The van der Waals surface area contributed by atoms with Crippen molar-refractivity contribution < 1.29 is 9.53 Å². The summed E-state index contributed by atoms with van der Waals surface area (Å²) in [6.07, 6.45) is 5.10. The van der Waals surface area contributed by atoms with E-state index in [9.17, 15) is 4.79 Å². The SMILES string of the molecule is CN1C2CCC1CC(CNC(=O)C1COCC1N)C2. The molecule has 0 spiro atoms. The van der Waals surface area contributed by atoms with Crippen molar-refractivity contribution in [1.29, 1.82) is 0 Å². The highest BCUT2D eigenvalue weighted by Gasteiger charge is 2.38. The molecule has 0 radical (unpaired) electrons. The lowest BCUT2D eigenvalue weighted by atomic mass is 9.91. The van der Waals surface area contributed by atoms with Crippen LogP contribution in [0.15, 0.2) is 0 Å². The van der Waals surface area contributed by atoms with Gasteiger partial charge in [0.2, 0.25) is 5.91 Å². The van der Waals surface area contributed by atoms with E-state index in [1.54, 1.807) is 0 Å². The fraction of sp³-hybridized carbons (Fsp3) is 0.929. The molecule has 3 N–H and O–H groups in total. The van der Waals surface area contributed by atoms with Crippen LogP contribution in [0.3, 0.4) is 0 Å². The van der Waals surface area contributed by atoms with Gasteiger partial charge in [-0.25, -0.2) is 0 Å². The Kier molecular flexibility index (Phi) is 3.78. The largest absolute Gasteiger partial charge is 0.379 e. The molecule has 0 saturated carbocycles. The van der Waals surface area contributed by atoms with Gasteiger partial charge in [-0.2, -0.15) is 0 Å². The molecular formula is C14H25N3O2. The van der Waals surface area contributed by atoms with Crippen molar-refractivity contribution in [1.82, 2.24) is 10.2 Å². The topological polar surface area (TPSA) is 67.6 Å². The molecule has 1 amide bonds. The zero-order valence-electron chi connectivity index (χ0n) is 11.7. The molecule has 4 unspecified atom stereocenters. The summed E-state index contributed by atoms with van der Waals surface area (Å²) in [7, 11) is 2.24. The fourth-order valence-electron chi connectivity index (χ4n) is 3.91. The highest BCUT2D eigenvalue weighted by molar-refractivity contribution is 5.79. The Balaban J connectivity index is 1.47. The van der Waals surface area contributed by atoms with E-state index in [1.807, 2.05) is 0 Å². The second kappa shape index (κ2) is 5.38. The van der Waals surface area contributed by atoms with Gasteiger partial charge in [0.05, 0.1) is 19.1 Å². The van der Waals surface area contributed by atoms with Crippen molar-refractivity contribution in [2.75, 3.05) is 26.8 Å². The van der Waals surface area contributed by atoms with Gasteiger partial charge in [-0.05, 0) is 38.6 Å². The molecule has 0 aromatic heterocycles. The van der Waals surface area contributed by atoms with Crippen molar-refractivity contribution in [3.8, 4) is 0 Å². The number of carbonyl (C=O) groups is 1. The van der Waals surface area contributed by atoms with Gasteiger partial charge in [0, 0.05) is 24.7 Å².